The average Bonchev–Trinajstić information content (AvgIpc) is 2.80. The summed E-state index contributed by atoms with van der Waals surface area (Å²) in [7, 11) is 0. The van der Waals surface area contributed by atoms with Crippen molar-refractivity contribution in [2.45, 2.75) is 128 Å². The number of piperidine rings is 1. The van der Waals surface area contributed by atoms with E-state index in [0.29, 0.717) is 12.6 Å². The van der Waals surface area contributed by atoms with Gasteiger partial charge in [0.2, 0.25) is 0 Å². The molecule has 4 unspecified atom stereocenters. The lowest BCUT2D eigenvalue weighted by Gasteiger charge is -2.44. The van der Waals surface area contributed by atoms with Crippen LogP contribution in [0.2, 0.25) is 0 Å². The number of aliphatic hydroxyl groups excluding tert-OH is 3. The van der Waals surface area contributed by atoms with Crippen LogP contribution in [0.5, 0.6) is 0 Å². The minimum atomic E-state index is -1.15. The Labute approximate surface area is 217 Å². The van der Waals surface area contributed by atoms with Gasteiger partial charge in [-0.3, -0.25) is 9.69 Å². The summed E-state index contributed by atoms with van der Waals surface area (Å²) in [6.45, 7) is 10.8. The van der Waals surface area contributed by atoms with E-state index in [1.165, 1.54) is 19.3 Å². The van der Waals surface area contributed by atoms with Crippen LogP contribution in [0.25, 0.3) is 0 Å². The summed E-state index contributed by atoms with van der Waals surface area (Å²) in [4.78, 5) is 28.8. The molecule has 0 spiro atoms. The van der Waals surface area contributed by atoms with Gasteiger partial charge in [0.1, 0.15) is 12.2 Å². The van der Waals surface area contributed by atoms with Gasteiger partial charge in [-0.25, -0.2) is 4.79 Å². The van der Waals surface area contributed by atoms with Gasteiger partial charge in [-0.1, -0.05) is 46.0 Å². The number of aliphatic hydroxyl groups is 3. The van der Waals surface area contributed by atoms with Crippen molar-refractivity contribution >= 4 is 12.0 Å². The van der Waals surface area contributed by atoms with Crippen LogP contribution in [0.15, 0.2) is 0 Å². The van der Waals surface area contributed by atoms with Gasteiger partial charge in [-0.15, -0.1) is 0 Å². The van der Waals surface area contributed by atoms with E-state index in [1.807, 2.05) is 30.6 Å². The Kier molecular flexibility index (Phi) is 12.4. The molecular weight excluding hydrogens is 462 g/mol. The molecule has 4 N–H and O–H groups in total. The molecule has 2 rings (SSSR count). The summed E-state index contributed by atoms with van der Waals surface area (Å²) in [6.07, 6.45) is 6.29. The van der Waals surface area contributed by atoms with Crippen LogP contribution in [-0.2, 0) is 9.53 Å². The van der Waals surface area contributed by atoms with Gasteiger partial charge in [0.25, 0.3) is 0 Å². The second-order valence-corrected chi connectivity index (χ2v) is 11.9. The fraction of sp³-hybridized carbons (Fsp3) is 0.926. The summed E-state index contributed by atoms with van der Waals surface area (Å²) in [5.41, 5.74) is -0.261. The van der Waals surface area contributed by atoms with Crippen LogP contribution in [0.1, 0.15) is 92.4 Å². The lowest BCUT2D eigenvalue weighted by Crippen LogP contribution is -2.63. The number of carbonyl (C=O) groups is 2. The van der Waals surface area contributed by atoms with E-state index in [9.17, 15) is 24.9 Å². The molecule has 2 aliphatic rings. The molecule has 9 nitrogen and oxygen atoms in total. The number of nitrogens with zero attached hydrogens (tertiary/aromatic N) is 2. The molecule has 4 atom stereocenters. The summed E-state index contributed by atoms with van der Waals surface area (Å²) in [5, 5.41) is 34.2. The molecule has 36 heavy (non-hydrogen) atoms. The second kappa shape index (κ2) is 14.5. The molecule has 0 aromatic carbocycles. The standard InChI is InChI=1S/C27H51N3O6/c1-19(2)25(34)36-24-22(32)17-29(21(18-31)23(24)33)15-11-6-7-12-16-30(20-13-9-8-10-14-20)26(35)28-27(3,4)5/h19-24,31-33H,6-18H2,1-5H3,(H,28,35). The largest absolute Gasteiger partial charge is 0.457 e. The van der Waals surface area contributed by atoms with Crippen LogP contribution >= 0.6 is 0 Å². The van der Waals surface area contributed by atoms with Gasteiger partial charge < -0.3 is 30.3 Å². The predicted octanol–water partition coefficient (Wildman–Crippen LogP) is 2.66. The highest BCUT2D eigenvalue weighted by molar-refractivity contribution is 5.75. The van der Waals surface area contributed by atoms with E-state index in [2.05, 4.69) is 5.32 Å². The van der Waals surface area contributed by atoms with Crippen LogP contribution in [0.3, 0.4) is 0 Å². The first-order chi connectivity index (χ1) is 16.9. The van der Waals surface area contributed by atoms with Crippen molar-refractivity contribution in [1.82, 2.24) is 15.1 Å². The van der Waals surface area contributed by atoms with Gasteiger partial charge in [0.15, 0.2) is 6.10 Å². The summed E-state index contributed by atoms with van der Waals surface area (Å²) >= 11 is 0. The summed E-state index contributed by atoms with van der Waals surface area (Å²) in [5.74, 6) is -0.828. The smallest absolute Gasteiger partial charge is 0.318 e. The molecule has 0 aromatic rings. The lowest BCUT2D eigenvalue weighted by molar-refractivity contribution is -0.188. The van der Waals surface area contributed by atoms with E-state index in [0.717, 1.165) is 45.1 Å². The number of ether oxygens (including phenoxy) is 1. The Morgan fingerprint density at radius 3 is 2.28 bits per heavy atom. The zero-order valence-corrected chi connectivity index (χ0v) is 23.1. The Bertz CT molecular complexity index is 677. The van der Waals surface area contributed by atoms with E-state index in [1.54, 1.807) is 13.8 Å². The number of nitrogens with one attached hydrogen (secondary N) is 1. The SMILES string of the molecule is CC(C)C(=O)OC1C(O)CN(CCCCCCN(C(=O)NC(C)(C)C)C2CCCCC2)C(CO)C1O. The number of unbranched alkanes of at least 4 members (excludes halogenated alkanes) is 3. The maximum atomic E-state index is 13.0. The van der Waals surface area contributed by atoms with Crippen molar-refractivity contribution < 1.29 is 29.6 Å². The van der Waals surface area contributed by atoms with Crippen molar-refractivity contribution in [1.29, 1.82) is 0 Å². The Hall–Kier alpha value is -1.42. The monoisotopic (exact) mass is 513 g/mol. The summed E-state index contributed by atoms with van der Waals surface area (Å²) in [6, 6.07) is -0.231. The van der Waals surface area contributed by atoms with E-state index < -0.39 is 30.3 Å². The second-order valence-electron chi connectivity index (χ2n) is 11.9. The predicted molar refractivity (Wildman–Crippen MR) is 140 cm³/mol. The first-order valence-electron chi connectivity index (χ1n) is 13.9. The normalized spacial score (nSPS) is 26.1. The minimum Gasteiger partial charge on any atom is -0.457 e. The van der Waals surface area contributed by atoms with E-state index in [4.69, 9.17) is 4.74 Å². The van der Waals surface area contributed by atoms with Gasteiger partial charge >= 0.3 is 12.0 Å². The fourth-order valence-electron chi connectivity index (χ4n) is 5.23. The maximum absolute atomic E-state index is 13.0. The van der Waals surface area contributed by atoms with Crippen LogP contribution < -0.4 is 5.32 Å². The number of urea groups is 1. The molecule has 0 aromatic heterocycles. The number of likely N-dealkylation sites (tertiary alicyclic amines) is 1. The molecule has 1 saturated heterocycles. The molecule has 0 bridgehead atoms. The minimum absolute atomic E-state index is 0.0317. The molecule has 1 saturated carbocycles. The number of hydrogen-bond acceptors (Lipinski definition) is 7. The third kappa shape index (κ3) is 9.47. The highest BCUT2D eigenvalue weighted by atomic mass is 16.6. The van der Waals surface area contributed by atoms with Gasteiger partial charge in [0.05, 0.1) is 18.6 Å². The highest BCUT2D eigenvalue weighted by Gasteiger charge is 2.44. The zero-order chi connectivity index (χ0) is 26.9. The quantitative estimate of drug-likeness (QED) is 0.247. The molecule has 1 aliphatic carbocycles. The number of carbonyl (C=O) groups excluding carboxylic acids is 2. The topological polar surface area (TPSA) is 123 Å². The van der Waals surface area contributed by atoms with E-state index >= 15 is 0 Å². The first kappa shape index (κ1) is 30.8. The molecule has 2 amide bonds. The van der Waals surface area contributed by atoms with Crippen molar-refractivity contribution in [3.8, 4) is 0 Å². The van der Waals surface area contributed by atoms with E-state index in [-0.39, 0.29) is 30.6 Å². The molecule has 0 radical (unpaired) electrons. The first-order valence-corrected chi connectivity index (χ1v) is 13.9. The molecule has 1 heterocycles. The molecule has 2 fully saturated rings. The van der Waals surface area contributed by atoms with Crippen LogP contribution in [0, 0.1) is 5.92 Å². The third-order valence-corrected chi connectivity index (χ3v) is 7.26. The lowest BCUT2D eigenvalue weighted by atomic mass is 9.93. The van der Waals surface area contributed by atoms with Crippen molar-refractivity contribution in [2.24, 2.45) is 5.92 Å². The molecule has 210 valence electrons. The van der Waals surface area contributed by atoms with Crippen molar-refractivity contribution in [2.75, 3.05) is 26.2 Å². The van der Waals surface area contributed by atoms with Crippen LogP contribution in [0.4, 0.5) is 4.79 Å². The Balaban J connectivity index is 1.80. The Morgan fingerprint density at radius 2 is 1.69 bits per heavy atom. The highest BCUT2D eigenvalue weighted by Crippen LogP contribution is 2.25. The molecule has 1 aliphatic heterocycles. The zero-order valence-electron chi connectivity index (χ0n) is 23.1. The Morgan fingerprint density at radius 1 is 1.06 bits per heavy atom. The van der Waals surface area contributed by atoms with Crippen molar-refractivity contribution in [3.05, 3.63) is 0 Å². The van der Waals surface area contributed by atoms with Gasteiger partial charge in [-0.05, 0) is 53.0 Å². The number of β-amino-alcohol motifs (C(OH)–C–C–N with tert-alkyl or cyclic N) is 1. The van der Waals surface area contributed by atoms with Gasteiger partial charge in [-0.2, -0.15) is 0 Å². The summed E-state index contributed by atoms with van der Waals surface area (Å²) < 4.78 is 5.32. The average molecular weight is 514 g/mol. The number of hydrogen-bond donors (Lipinski definition) is 4. The number of amides is 2. The number of esters is 1. The maximum Gasteiger partial charge on any atom is 0.318 e. The third-order valence-electron chi connectivity index (χ3n) is 7.26. The fourth-order valence-corrected chi connectivity index (χ4v) is 5.23. The molecule has 9 heteroatoms. The van der Waals surface area contributed by atoms with Crippen LogP contribution in [-0.4, -0.2) is 99.3 Å². The number of rotatable bonds is 11. The van der Waals surface area contributed by atoms with Crippen molar-refractivity contribution in [3.63, 3.8) is 0 Å². The molecular formula is C27H51N3O6. The van der Waals surface area contributed by atoms with Gasteiger partial charge in [0, 0.05) is 24.7 Å².